The van der Waals surface area contributed by atoms with Gasteiger partial charge in [-0.3, -0.25) is 4.79 Å². The van der Waals surface area contributed by atoms with Crippen molar-refractivity contribution in [3.8, 4) is 0 Å². The van der Waals surface area contributed by atoms with E-state index in [1.807, 2.05) is 0 Å². The maximum absolute atomic E-state index is 10.3. The van der Waals surface area contributed by atoms with Crippen LogP contribution in [0.5, 0.6) is 0 Å². The third kappa shape index (κ3) is 2.20. The lowest BCUT2D eigenvalue weighted by Crippen LogP contribution is -2.29. The second-order valence-corrected chi connectivity index (χ2v) is 2.67. The van der Waals surface area contributed by atoms with Crippen molar-refractivity contribution >= 4 is 5.97 Å². The van der Waals surface area contributed by atoms with Crippen molar-refractivity contribution in [3.63, 3.8) is 0 Å². The Balaban J connectivity index is 2.61. The lowest BCUT2D eigenvalue weighted by molar-refractivity contribution is -0.140. The van der Waals surface area contributed by atoms with Crippen LogP contribution in [-0.2, 0) is 4.79 Å². The molecule has 3 nitrogen and oxygen atoms in total. The first-order valence-corrected chi connectivity index (χ1v) is 3.41. The van der Waals surface area contributed by atoms with Gasteiger partial charge in [0.25, 0.3) is 0 Å². The first-order chi connectivity index (χ1) is 5.12. The number of rotatable bonds is 2. The number of hydrogen-bond acceptors (Lipinski definition) is 2. The van der Waals surface area contributed by atoms with E-state index in [2.05, 4.69) is 0 Å². The predicted octanol–water partition coefficient (Wildman–Crippen LogP) is 0.708. The Morgan fingerprint density at radius 2 is 2.27 bits per heavy atom. The highest BCUT2D eigenvalue weighted by Gasteiger charge is 2.26. The molecule has 0 heterocycles. The molecule has 3 heteroatoms. The largest absolute Gasteiger partial charge is 0.481 e. The maximum Gasteiger partial charge on any atom is 0.306 e. The molecule has 60 valence electrons. The van der Waals surface area contributed by atoms with Gasteiger partial charge >= 0.3 is 5.97 Å². The number of allylic oxidation sites excluding steroid dienone is 2. The first-order valence-electron chi connectivity index (χ1n) is 3.41. The van der Waals surface area contributed by atoms with Crippen molar-refractivity contribution < 1.29 is 15.0 Å². The standard InChI is InChI=1S/C8H10O3/c9-7(10)6-8(11)4-2-1-3-5-8/h1-4,11H,5-6H2,(H,9,10)/t8-/m0/s1. The van der Waals surface area contributed by atoms with E-state index in [-0.39, 0.29) is 6.42 Å². The number of aliphatic hydroxyl groups is 1. The predicted molar refractivity (Wildman–Crippen MR) is 40.1 cm³/mol. The molecular formula is C8H10O3. The van der Waals surface area contributed by atoms with E-state index in [1.165, 1.54) is 6.08 Å². The minimum Gasteiger partial charge on any atom is -0.481 e. The lowest BCUT2D eigenvalue weighted by Gasteiger charge is -2.22. The molecule has 0 saturated heterocycles. The normalized spacial score (nSPS) is 28.8. The zero-order chi connectivity index (χ0) is 8.32. The van der Waals surface area contributed by atoms with Crippen molar-refractivity contribution in [1.29, 1.82) is 0 Å². The highest BCUT2D eigenvalue weighted by molar-refractivity contribution is 5.68. The summed E-state index contributed by atoms with van der Waals surface area (Å²) < 4.78 is 0. The van der Waals surface area contributed by atoms with Crippen LogP contribution in [0.1, 0.15) is 12.8 Å². The molecule has 11 heavy (non-hydrogen) atoms. The van der Waals surface area contributed by atoms with Gasteiger partial charge in [-0.1, -0.05) is 24.3 Å². The van der Waals surface area contributed by atoms with Gasteiger partial charge in [0.1, 0.15) is 0 Å². The number of aliphatic carboxylic acids is 1. The fraction of sp³-hybridized carbons (Fsp3) is 0.375. The van der Waals surface area contributed by atoms with Crippen molar-refractivity contribution in [2.45, 2.75) is 18.4 Å². The highest BCUT2D eigenvalue weighted by Crippen LogP contribution is 2.20. The monoisotopic (exact) mass is 154 g/mol. The molecule has 0 fully saturated rings. The van der Waals surface area contributed by atoms with Crippen LogP contribution in [0.15, 0.2) is 24.3 Å². The molecular weight excluding hydrogens is 144 g/mol. The van der Waals surface area contributed by atoms with Crippen LogP contribution in [0.4, 0.5) is 0 Å². The third-order valence-electron chi connectivity index (χ3n) is 1.58. The Hall–Kier alpha value is -1.09. The second-order valence-electron chi connectivity index (χ2n) is 2.67. The average molecular weight is 154 g/mol. The molecule has 0 amide bonds. The molecule has 1 aliphatic rings. The lowest BCUT2D eigenvalue weighted by atomic mass is 9.92. The molecule has 0 unspecified atom stereocenters. The highest BCUT2D eigenvalue weighted by atomic mass is 16.4. The minimum absolute atomic E-state index is 0.228. The summed E-state index contributed by atoms with van der Waals surface area (Å²) in [5, 5.41) is 17.9. The van der Waals surface area contributed by atoms with E-state index in [0.29, 0.717) is 6.42 Å². The zero-order valence-electron chi connectivity index (χ0n) is 6.03. The molecule has 0 aliphatic heterocycles. The van der Waals surface area contributed by atoms with E-state index < -0.39 is 11.6 Å². The Kier molecular flexibility index (Phi) is 2.10. The fourth-order valence-electron chi connectivity index (χ4n) is 1.05. The molecule has 2 N–H and O–H groups in total. The summed E-state index contributed by atoms with van der Waals surface area (Å²) in [6.07, 6.45) is 6.87. The Labute approximate surface area is 64.7 Å². The maximum atomic E-state index is 10.3. The Bertz CT molecular complexity index is 217. The van der Waals surface area contributed by atoms with E-state index in [4.69, 9.17) is 5.11 Å². The van der Waals surface area contributed by atoms with Crippen LogP contribution >= 0.6 is 0 Å². The number of carboxylic acids is 1. The molecule has 0 radical (unpaired) electrons. The van der Waals surface area contributed by atoms with Gasteiger partial charge in [-0.2, -0.15) is 0 Å². The van der Waals surface area contributed by atoms with E-state index in [9.17, 15) is 9.90 Å². The Morgan fingerprint density at radius 1 is 1.55 bits per heavy atom. The van der Waals surface area contributed by atoms with Crippen molar-refractivity contribution in [3.05, 3.63) is 24.3 Å². The van der Waals surface area contributed by atoms with Crippen LogP contribution < -0.4 is 0 Å². The summed E-state index contributed by atoms with van der Waals surface area (Å²) >= 11 is 0. The summed E-state index contributed by atoms with van der Waals surface area (Å²) in [5.74, 6) is -0.979. The van der Waals surface area contributed by atoms with Gasteiger partial charge in [0.05, 0.1) is 12.0 Å². The topological polar surface area (TPSA) is 57.5 Å². The molecule has 0 spiro atoms. The van der Waals surface area contributed by atoms with Gasteiger partial charge in [0.2, 0.25) is 0 Å². The van der Waals surface area contributed by atoms with Crippen LogP contribution in [0.2, 0.25) is 0 Å². The number of carboxylic acid groups (broad SMARTS) is 1. The number of carbonyl (C=O) groups is 1. The van der Waals surface area contributed by atoms with Gasteiger partial charge in [0.15, 0.2) is 0 Å². The SMILES string of the molecule is O=C(O)C[C@]1(O)C=CC=CC1. The minimum atomic E-state index is -1.17. The van der Waals surface area contributed by atoms with Crippen molar-refractivity contribution in [1.82, 2.24) is 0 Å². The van der Waals surface area contributed by atoms with Crippen molar-refractivity contribution in [2.75, 3.05) is 0 Å². The van der Waals surface area contributed by atoms with Gasteiger partial charge in [-0.05, 0) is 6.42 Å². The third-order valence-corrected chi connectivity index (χ3v) is 1.58. The van der Waals surface area contributed by atoms with Crippen molar-refractivity contribution in [2.24, 2.45) is 0 Å². The summed E-state index contributed by atoms with van der Waals surface area (Å²) in [7, 11) is 0. The molecule has 0 aromatic rings. The van der Waals surface area contributed by atoms with Gasteiger partial charge < -0.3 is 10.2 Å². The summed E-state index contributed by atoms with van der Waals surface area (Å²) in [6.45, 7) is 0. The van der Waals surface area contributed by atoms with Crippen LogP contribution in [0.25, 0.3) is 0 Å². The summed E-state index contributed by atoms with van der Waals surface area (Å²) in [4.78, 5) is 10.3. The smallest absolute Gasteiger partial charge is 0.306 e. The molecule has 0 bridgehead atoms. The molecule has 0 aromatic heterocycles. The summed E-state index contributed by atoms with van der Waals surface area (Å²) in [5.41, 5.74) is -1.17. The molecule has 0 saturated carbocycles. The molecule has 1 rings (SSSR count). The molecule has 0 aromatic carbocycles. The van der Waals surface area contributed by atoms with Gasteiger partial charge in [0, 0.05) is 0 Å². The molecule has 1 aliphatic carbocycles. The van der Waals surface area contributed by atoms with E-state index in [0.717, 1.165) is 0 Å². The van der Waals surface area contributed by atoms with E-state index in [1.54, 1.807) is 18.2 Å². The first kappa shape index (κ1) is 8.01. The van der Waals surface area contributed by atoms with Crippen LogP contribution in [-0.4, -0.2) is 21.8 Å². The van der Waals surface area contributed by atoms with Gasteiger partial charge in [-0.15, -0.1) is 0 Å². The van der Waals surface area contributed by atoms with Crippen LogP contribution in [0.3, 0.4) is 0 Å². The zero-order valence-corrected chi connectivity index (χ0v) is 6.03. The fourth-order valence-corrected chi connectivity index (χ4v) is 1.05. The summed E-state index contributed by atoms with van der Waals surface area (Å²) in [6, 6.07) is 0. The van der Waals surface area contributed by atoms with Gasteiger partial charge in [-0.25, -0.2) is 0 Å². The molecule has 1 atom stereocenters. The number of hydrogen-bond donors (Lipinski definition) is 2. The Morgan fingerprint density at radius 3 is 2.73 bits per heavy atom. The quantitative estimate of drug-likeness (QED) is 0.615. The van der Waals surface area contributed by atoms with E-state index >= 15 is 0 Å². The van der Waals surface area contributed by atoms with Crippen LogP contribution in [0, 0.1) is 0 Å². The average Bonchev–Trinajstić information content (AvgIpc) is 1.85. The second kappa shape index (κ2) is 2.88.